The van der Waals surface area contributed by atoms with Crippen molar-refractivity contribution in [3.8, 4) is 0 Å². The van der Waals surface area contributed by atoms with Crippen molar-refractivity contribution in [2.24, 2.45) is 5.92 Å². The normalized spacial score (nSPS) is 31.6. The summed E-state index contributed by atoms with van der Waals surface area (Å²) in [7, 11) is 0. The van der Waals surface area contributed by atoms with Crippen molar-refractivity contribution in [1.82, 2.24) is 10.2 Å². The summed E-state index contributed by atoms with van der Waals surface area (Å²) in [4.78, 5) is 14.3. The molecule has 2 aliphatic heterocycles. The van der Waals surface area contributed by atoms with Crippen LogP contribution in [0.5, 0.6) is 0 Å². The van der Waals surface area contributed by atoms with Gasteiger partial charge in [0.05, 0.1) is 5.92 Å². The lowest BCUT2D eigenvalue weighted by Gasteiger charge is -2.31. The minimum atomic E-state index is 0.0202. The van der Waals surface area contributed by atoms with E-state index < -0.39 is 0 Å². The maximum atomic E-state index is 11.9. The number of piperidine rings is 1. The number of hydrogen-bond donors (Lipinski definition) is 1. The number of hydrogen-bond acceptors (Lipinski definition) is 4. The van der Waals surface area contributed by atoms with Crippen LogP contribution in [0.4, 0.5) is 0 Å². The monoisotopic (exact) mass is 226 g/mol. The second-order valence-electron chi connectivity index (χ2n) is 4.78. The zero-order chi connectivity index (χ0) is 11.4. The second kappa shape index (κ2) is 5.64. The number of nitrogens with one attached hydrogen (secondary N) is 1. The number of rotatable bonds is 3. The Morgan fingerprint density at radius 3 is 3.06 bits per heavy atom. The highest BCUT2D eigenvalue weighted by Crippen LogP contribution is 2.19. The lowest BCUT2D eigenvalue weighted by Crippen LogP contribution is -2.40. The predicted octanol–water partition coefficient (Wildman–Crippen LogP) is 0.623. The van der Waals surface area contributed by atoms with Crippen molar-refractivity contribution < 1.29 is 9.53 Å². The Morgan fingerprint density at radius 2 is 2.38 bits per heavy atom. The molecule has 16 heavy (non-hydrogen) atoms. The van der Waals surface area contributed by atoms with Gasteiger partial charge in [0.1, 0.15) is 6.10 Å². The Labute approximate surface area is 97.3 Å². The fourth-order valence-corrected chi connectivity index (χ4v) is 2.52. The van der Waals surface area contributed by atoms with Crippen LogP contribution in [0.25, 0.3) is 0 Å². The van der Waals surface area contributed by atoms with Crippen LogP contribution in [-0.2, 0) is 9.53 Å². The summed E-state index contributed by atoms with van der Waals surface area (Å²) >= 11 is 0. The fourth-order valence-electron chi connectivity index (χ4n) is 2.52. The Balaban J connectivity index is 1.79. The van der Waals surface area contributed by atoms with Crippen LogP contribution in [0, 0.1) is 5.92 Å². The van der Waals surface area contributed by atoms with Gasteiger partial charge in [0.25, 0.3) is 0 Å². The zero-order valence-electron chi connectivity index (χ0n) is 10.1. The van der Waals surface area contributed by atoms with Gasteiger partial charge in [0, 0.05) is 13.1 Å². The number of likely N-dealkylation sites (tertiary alicyclic amines) is 1. The molecule has 0 aromatic heterocycles. The van der Waals surface area contributed by atoms with E-state index >= 15 is 0 Å². The largest absolute Gasteiger partial charge is 0.461 e. The van der Waals surface area contributed by atoms with E-state index in [0.29, 0.717) is 0 Å². The van der Waals surface area contributed by atoms with Crippen LogP contribution < -0.4 is 5.32 Å². The molecule has 2 heterocycles. The maximum Gasteiger partial charge on any atom is 0.310 e. The fraction of sp³-hybridized carbons (Fsp3) is 0.917. The first kappa shape index (κ1) is 11.9. The van der Waals surface area contributed by atoms with E-state index in [1.807, 2.05) is 0 Å². The average Bonchev–Trinajstić information content (AvgIpc) is 2.82. The topological polar surface area (TPSA) is 41.6 Å². The summed E-state index contributed by atoms with van der Waals surface area (Å²) < 4.78 is 5.52. The highest BCUT2D eigenvalue weighted by atomic mass is 16.5. The average molecular weight is 226 g/mol. The van der Waals surface area contributed by atoms with E-state index in [4.69, 9.17) is 4.74 Å². The van der Waals surface area contributed by atoms with Crippen molar-refractivity contribution in [3.05, 3.63) is 0 Å². The molecule has 0 aromatic rings. The smallest absolute Gasteiger partial charge is 0.310 e. The van der Waals surface area contributed by atoms with E-state index in [1.54, 1.807) is 0 Å². The van der Waals surface area contributed by atoms with Crippen LogP contribution in [0.2, 0.25) is 0 Å². The summed E-state index contributed by atoms with van der Waals surface area (Å²) in [5.41, 5.74) is 0. The number of esters is 1. The van der Waals surface area contributed by atoms with Crippen molar-refractivity contribution in [2.75, 3.05) is 32.7 Å². The summed E-state index contributed by atoms with van der Waals surface area (Å²) in [5, 5.41) is 3.21. The van der Waals surface area contributed by atoms with Crippen molar-refractivity contribution in [1.29, 1.82) is 0 Å². The molecule has 2 atom stereocenters. The first-order valence-corrected chi connectivity index (χ1v) is 6.43. The Kier molecular flexibility index (Phi) is 4.18. The highest BCUT2D eigenvalue weighted by Gasteiger charge is 2.28. The molecule has 1 N–H and O–H groups in total. The van der Waals surface area contributed by atoms with Gasteiger partial charge in [-0.25, -0.2) is 0 Å². The van der Waals surface area contributed by atoms with E-state index in [-0.39, 0.29) is 18.0 Å². The Morgan fingerprint density at radius 1 is 1.50 bits per heavy atom. The molecule has 0 saturated carbocycles. The van der Waals surface area contributed by atoms with Gasteiger partial charge in [-0.15, -0.1) is 0 Å². The number of carbonyl (C=O) groups is 1. The van der Waals surface area contributed by atoms with Crippen molar-refractivity contribution >= 4 is 5.97 Å². The SMILES string of the molecule is CCN1CCCC(C(=O)OC2CCNC2)C1. The summed E-state index contributed by atoms with van der Waals surface area (Å²) in [6.07, 6.45) is 3.20. The van der Waals surface area contributed by atoms with E-state index in [0.717, 1.165) is 52.0 Å². The highest BCUT2D eigenvalue weighted by molar-refractivity contribution is 5.73. The molecule has 2 rings (SSSR count). The second-order valence-corrected chi connectivity index (χ2v) is 4.78. The molecule has 2 saturated heterocycles. The molecule has 4 heteroatoms. The van der Waals surface area contributed by atoms with Crippen LogP contribution in [0.1, 0.15) is 26.2 Å². The van der Waals surface area contributed by atoms with Gasteiger partial charge in [0.2, 0.25) is 0 Å². The number of nitrogens with zero attached hydrogens (tertiary/aromatic N) is 1. The first-order valence-electron chi connectivity index (χ1n) is 6.43. The molecule has 2 aliphatic rings. The molecule has 4 nitrogen and oxygen atoms in total. The summed E-state index contributed by atoms with van der Waals surface area (Å²) in [6, 6.07) is 0. The van der Waals surface area contributed by atoms with E-state index in [2.05, 4.69) is 17.1 Å². The molecule has 0 radical (unpaired) electrons. The first-order chi connectivity index (χ1) is 7.79. The molecule has 0 bridgehead atoms. The molecule has 2 fully saturated rings. The number of ether oxygens (including phenoxy) is 1. The van der Waals surface area contributed by atoms with Crippen LogP contribution in [0.15, 0.2) is 0 Å². The third-order valence-electron chi connectivity index (χ3n) is 3.58. The predicted molar refractivity (Wildman–Crippen MR) is 62.2 cm³/mol. The van der Waals surface area contributed by atoms with Gasteiger partial charge in [0.15, 0.2) is 0 Å². The third kappa shape index (κ3) is 2.95. The van der Waals surface area contributed by atoms with Gasteiger partial charge in [-0.1, -0.05) is 6.92 Å². The standard InChI is InChI=1S/C12H22N2O2/c1-2-14-7-3-4-10(9-14)12(15)16-11-5-6-13-8-11/h10-11,13H,2-9H2,1H3. The Bertz CT molecular complexity index is 239. The number of carbonyl (C=O) groups excluding carboxylic acids is 1. The molecule has 0 amide bonds. The van der Waals surface area contributed by atoms with Gasteiger partial charge in [-0.2, -0.15) is 0 Å². The van der Waals surface area contributed by atoms with Gasteiger partial charge >= 0.3 is 5.97 Å². The van der Waals surface area contributed by atoms with Gasteiger partial charge in [-0.3, -0.25) is 4.79 Å². The molecule has 92 valence electrons. The zero-order valence-corrected chi connectivity index (χ0v) is 10.1. The summed E-state index contributed by atoms with van der Waals surface area (Å²) in [6.45, 7) is 7.00. The van der Waals surface area contributed by atoms with Crippen LogP contribution >= 0.6 is 0 Å². The maximum absolute atomic E-state index is 11.9. The van der Waals surface area contributed by atoms with Crippen molar-refractivity contribution in [2.45, 2.75) is 32.3 Å². The summed E-state index contributed by atoms with van der Waals surface area (Å²) in [5.74, 6) is 0.126. The quantitative estimate of drug-likeness (QED) is 0.716. The minimum Gasteiger partial charge on any atom is -0.461 e. The van der Waals surface area contributed by atoms with E-state index in [9.17, 15) is 4.79 Å². The van der Waals surface area contributed by atoms with Crippen LogP contribution in [-0.4, -0.2) is 49.7 Å². The molecular weight excluding hydrogens is 204 g/mol. The molecule has 2 unspecified atom stereocenters. The van der Waals surface area contributed by atoms with Crippen LogP contribution in [0.3, 0.4) is 0 Å². The minimum absolute atomic E-state index is 0.0202. The van der Waals surface area contributed by atoms with Crippen molar-refractivity contribution in [3.63, 3.8) is 0 Å². The molecule has 0 aromatic carbocycles. The Hall–Kier alpha value is -0.610. The molecule has 0 aliphatic carbocycles. The van der Waals surface area contributed by atoms with Gasteiger partial charge in [-0.05, 0) is 38.9 Å². The van der Waals surface area contributed by atoms with Gasteiger partial charge < -0.3 is 15.0 Å². The van der Waals surface area contributed by atoms with E-state index in [1.165, 1.54) is 0 Å². The lowest BCUT2D eigenvalue weighted by molar-refractivity contribution is -0.155. The molecular formula is C12H22N2O2. The molecule has 0 spiro atoms. The lowest BCUT2D eigenvalue weighted by atomic mass is 9.98. The third-order valence-corrected chi connectivity index (χ3v) is 3.58.